The molecule has 0 saturated heterocycles. The molecule has 0 aliphatic rings. The number of amides is 1. The van der Waals surface area contributed by atoms with Gasteiger partial charge < -0.3 is 5.32 Å². The first-order valence-corrected chi connectivity index (χ1v) is 10.1. The highest BCUT2D eigenvalue weighted by Crippen LogP contribution is 2.25. The van der Waals surface area contributed by atoms with Crippen molar-refractivity contribution in [2.24, 2.45) is 0 Å². The third-order valence-electron chi connectivity index (χ3n) is 4.65. The van der Waals surface area contributed by atoms with Crippen LogP contribution in [-0.2, 0) is 13.1 Å². The lowest BCUT2D eigenvalue weighted by Gasteiger charge is -2.12. The first-order chi connectivity index (χ1) is 14.6. The summed E-state index contributed by atoms with van der Waals surface area (Å²) in [4.78, 5) is 16.5. The average molecular weight is 437 g/mol. The maximum Gasteiger partial charge on any atom is 0.271 e. The van der Waals surface area contributed by atoms with Crippen LogP contribution in [0, 0.1) is 0 Å². The molecule has 0 atom stereocenters. The third kappa shape index (κ3) is 4.70. The van der Waals surface area contributed by atoms with E-state index in [1.165, 1.54) is 0 Å². The van der Waals surface area contributed by atoms with Crippen LogP contribution in [0.15, 0.2) is 79.1 Å². The number of hydrogen-bond acceptors (Lipinski definition) is 3. The van der Waals surface area contributed by atoms with Crippen molar-refractivity contribution >= 4 is 29.1 Å². The summed E-state index contributed by atoms with van der Waals surface area (Å²) in [6.45, 7) is 1.06. The van der Waals surface area contributed by atoms with Crippen LogP contribution >= 0.6 is 23.2 Å². The molecule has 7 heteroatoms. The first-order valence-electron chi connectivity index (χ1n) is 9.35. The van der Waals surface area contributed by atoms with Gasteiger partial charge in [-0.25, -0.2) is 4.98 Å². The predicted molar refractivity (Wildman–Crippen MR) is 119 cm³/mol. The lowest BCUT2D eigenvalue weighted by atomic mass is 9.98. The number of nitrogens with zero attached hydrogens (tertiary/aromatic N) is 3. The van der Waals surface area contributed by atoms with Crippen LogP contribution in [0.3, 0.4) is 0 Å². The Balaban J connectivity index is 1.50. The second kappa shape index (κ2) is 9.11. The molecule has 0 radical (unpaired) electrons. The summed E-state index contributed by atoms with van der Waals surface area (Å²) in [7, 11) is 0. The van der Waals surface area contributed by atoms with Crippen LogP contribution < -0.4 is 5.32 Å². The average Bonchev–Trinajstić information content (AvgIpc) is 3.27. The normalized spacial score (nSPS) is 10.7. The second-order valence-corrected chi connectivity index (χ2v) is 7.50. The lowest BCUT2D eigenvalue weighted by Crippen LogP contribution is -2.24. The standard InChI is InChI=1S/C23H18Cl2N4O/c24-20-10-11-21(25)28-22(20)23(30)26-14-18-4-1-2-5-19(18)17-8-6-16(7-9-17)15-29-13-3-12-27-29/h1-13H,14-15H2,(H,26,30). The van der Waals surface area contributed by atoms with Crippen LogP contribution in [0.25, 0.3) is 11.1 Å². The third-order valence-corrected chi connectivity index (χ3v) is 5.17. The highest BCUT2D eigenvalue weighted by Gasteiger charge is 2.14. The smallest absolute Gasteiger partial charge is 0.271 e. The Morgan fingerprint density at radius 3 is 2.53 bits per heavy atom. The van der Waals surface area contributed by atoms with Gasteiger partial charge in [0.25, 0.3) is 5.91 Å². The Kier molecular flexibility index (Phi) is 6.12. The quantitative estimate of drug-likeness (QED) is 0.420. The number of hydrogen-bond donors (Lipinski definition) is 1. The molecule has 2 heterocycles. The summed E-state index contributed by atoms with van der Waals surface area (Å²) in [5.74, 6) is -0.369. The van der Waals surface area contributed by atoms with Crippen molar-refractivity contribution < 1.29 is 4.79 Å². The zero-order chi connectivity index (χ0) is 20.9. The molecule has 0 saturated carbocycles. The molecular formula is C23H18Cl2N4O. The van der Waals surface area contributed by atoms with Crippen molar-refractivity contribution in [1.29, 1.82) is 0 Å². The predicted octanol–water partition coefficient (Wildman–Crippen LogP) is 5.23. The van der Waals surface area contributed by atoms with Crippen molar-refractivity contribution in [1.82, 2.24) is 20.1 Å². The molecule has 1 amide bonds. The van der Waals surface area contributed by atoms with Crippen molar-refractivity contribution in [3.63, 3.8) is 0 Å². The number of nitrogens with one attached hydrogen (secondary N) is 1. The molecule has 4 aromatic rings. The fraction of sp³-hybridized carbons (Fsp3) is 0.0870. The van der Waals surface area contributed by atoms with Gasteiger partial charge >= 0.3 is 0 Å². The molecule has 0 unspecified atom stereocenters. The Morgan fingerprint density at radius 2 is 1.77 bits per heavy atom. The van der Waals surface area contributed by atoms with Crippen LogP contribution in [0.4, 0.5) is 0 Å². The number of aromatic nitrogens is 3. The number of rotatable bonds is 6. The summed E-state index contributed by atoms with van der Waals surface area (Å²) in [5, 5.41) is 7.60. The van der Waals surface area contributed by atoms with E-state index in [1.807, 2.05) is 41.2 Å². The largest absolute Gasteiger partial charge is 0.347 e. The topological polar surface area (TPSA) is 59.8 Å². The zero-order valence-electron chi connectivity index (χ0n) is 15.9. The van der Waals surface area contributed by atoms with E-state index in [2.05, 4.69) is 39.7 Å². The van der Waals surface area contributed by atoms with Gasteiger partial charge in [0.15, 0.2) is 0 Å². The molecule has 4 rings (SSSR count). The van der Waals surface area contributed by atoms with E-state index in [9.17, 15) is 4.79 Å². The van der Waals surface area contributed by atoms with E-state index in [4.69, 9.17) is 23.2 Å². The van der Waals surface area contributed by atoms with E-state index >= 15 is 0 Å². The highest BCUT2D eigenvalue weighted by molar-refractivity contribution is 6.34. The fourth-order valence-electron chi connectivity index (χ4n) is 3.16. The van der Waals surface area contributed by atoms with Gasteiger partial charge in [0.2, 0.25) is 0 Å². The molecule has 0 aliphatic carbocycles. The van der Waals surface area contributed by atoms with Crippen LogP contribution in [-0.4, -0.2) is 20.7 Å². The molecule has 30 heavy (non-hydrogen) atoms. The number of benzene rings is 2. The second-order valence-electron chi connectivity index (χ2n) is 6.70. The molecule has 1 N–H and O–H groups in total. The highest BCUT2D eigenvalue weighted by atomic mass is 35.5. The van der Waals surface area contributed by atoms with Crippen molar-refractivity contribution in [3.05, 3.63) is 106 Å². The molecule has 0 aliphatic heterocycles. The van der Waals surface area contributed by atoms with Gasteiger partial charge in [0.1, 0.15) is 10.8 Å². The van der Waals surface area contributed by atoms with E-state index in [-0.39, 0.29) is 21.8 Å². The van der Waals surface area contributed by atoms with Gasteiger partial charge in [0.05, 0.1) is 11.6 Å². The Morgan fingerprint density at radius 1 is 0.967 bits per heavy atom. The van der Waals surface area contributed by atoms with Gasteiger partial charge in [-0.3, -0.25) is 9.48 Å². The molecule has 2 aromatic heterocycles. The molecule has 2 aromatic carbocycles. The number of carbonyl (C=O) groups is 1. The minimum Gasteiger partial charge on any atom is -0.347 e. The maximum absolute atomic E-state index is 12.5. The van der Waals surface area contributed by atoms with Gasteiger partial charge in [-0.15, -0.1) is 0 Å². The minimum atomic E-state index is -0.369. The maximum atomic E-state index is 12.5. The summed E-state index contributed by atoms with van der Waals surface area (Å²) in [6.07, 6.45) is 3.71. The monoisotopic (exact) mass is 436 g/mol. The minimum absolute atomic E-state index is 0.115. The van der Waals surface area contributed by atoms with E-state index in [0.717, 1.165) is 28.8 Å². The first kappa shape index (κ1) is 20.1. The van der Waals surface area contributed by atoms with Crippen LogP contribution in [0.5, 0.6) is 0 Å². The van der Waals surface area contributed by atoms with Gasteiger partial charge in [-0.2, -0.15) is 5.10 Å². The zero-order valence-corrected chi connectivity index (χ0v) is 17.4. The summed E-state index contributed by atoms with van der Waals surface area (Å²) >= 11 is 12.0. The number of carbonyl (C=O) groups excluding carboxylic acids is 1. The Hall–Kier alpha value is -3.15. The molecule has 150 valence electrons. The van der Waals surface area contributed by atoms with Crippen molar-refractivity contribution in [2.75, 3.05) is 0 Å². The van der Waals surface area contributed by atoms with Gasteiger partial charge in [-0.05, 0) is 40.5 Å². The summed E-state index contributed by atoms with van der Waals surface area (Å²) in [5.41, 5.74) is 4.39. The van der Waals surface area contributed by atoms with Crippen molar-refractivity contribution in [2.45, 2.75) is 13.1 Å². The summed E-state index contributed by atoms with van der Waals surface area (Å²) < 4.78 is 1.88. The molecule has 0 bridgehead atoms. The Bertz CT molecular complexity index is 1160. The van der Waals surface area contributed by atoms with E-state index in [1.54, 1.807) is 18.3 Å². The Labute approximate surface area is 184 Å². The lowest BCUT2D eigenvalue weighted by molar-refractivity contribution is 0.0946. The molecule has 0 fully saturated rings. The fourth-order valence-corrected chi connectivity index (χ4v) is 3.50. The van der Waals surface area contributed by atoms with Crippen molar-refractivity contribution in [3.8, 4) is 11.1 Å². The van der Waals surface area contributed by atoms with Gasteiger partial charge in [0, 0.05) is 18.9 Å². The van der Waals surface area contributed by atoms with E-state index < -0.39 is 0 Å². The van der Waals surface area contributed by atoms with E-state index in [0.29, 0.717) is 6.54 Å². The SMILES string of the molecule is O=C(NCc1ccccc1-c1ccc(Cn2cccn2)cc1)c1nc(Cl)ccc1Cl. The van der Waals surface area contributed by atoms with Gasteiger partial charge in [-0.1, -0.05) is 71.7 Å². The molecule has 5 nitrogen and oxygen atoms in total. The van der Waals surface area contributed by atoms with Crippen LogP contribution in [0.2, 0.25) is 10.2 Å². The van der Waals surface area contributed by atoms with Crippen LogP contribution in [0.1, 0.15) is 21.6 Å². The molecule has 0 spiro atoms. The summed E-state index contributed by atoms with van der Waals surface area (Å²) in [6, 6.07) is 21.3. The number of halogens is 2. The number of pyridine rings is 1. The molecular weight excluding hydrogens is 419 g/mol.